The third-order valence-electron chi connectivity index (χ3n) is 5.84. The van der Waals surface area contributed by atoms with Crippen LogP contribution in [0.2, 0.25) is 0 Å². The SMILES string of the molecule is O=C1CCC(N2Cc3c(cccc3-n3cc(COc4ccc(CO)cc4)nn3)C2=O)C(=O)N1. The summed E-state index contributed by atoms with van der Waals surface area (Å²) in [5, 5.41) is 19.8. The van der Waals surface area contributed by atoms with E-state index in [0.29, 0.717) is 29.1 Å². The lowest BCUT2D eigenvalue weighted by molar-refractivity contribution is -0.136. The molecule has 0 saturated carbocycles. The van der Waals surface area contributed by atoms with Crippen molar-refractivity contribution in [2.45, 2.75) is 38.6 Å². The molecule has 1 atom stereocenters. The Morgan fingerprint density at radius 2 is 1.94 bits per heavy atom. The number of aliphatic hydroxyl groups excluding tert-OH is 1. The highest BCUT2D eigenvalue weighted by Gasteiger charge is 2.40. The maximum Gasteiger partial charge on any atom is 0.255 e. The minimum absolute atomic E-state index is 0.0283. The Morgan fingerprint density at radius 3 is 2.70 bits per heavy atom. The lowest BCUT2D eigenvalue weighted by atomic mass is 10.0. The Labute approximate surface area is 188 Å². The van der Waals surface area contributed by atoms with Gasteiger partial charge in [-0.15, -0.1) is 5.10 Å². The van der Waals surface area contributed by atoms with Gasteiger partial charge in [-0.1, -0.05) is 23.4 Å². The second-order valence-electron chi connectivity index (χ2n) is 7.95. The predicted octanol–water partition coefficient (Wildman–Crippen LogP) is 1.10. The summed E-state index contributed by atoms with van der Waals surface area (Å²) in [6.07, 6.45) is 2.25. The number of imide groups is 1. The highest BCUT2D eigenvalue weighted by molar-refractivity contribution is 6.05. The fourth-order valence-electron chi connectivity index (χ4n) is 4.11. The van der Waals surface area contributed by atoms with E-state index in [1.54, 1.807) is 47.3 Å². The number of ether oxygens (including phenoxy) is 1. The largest absolute Gasteiger partial charge is 0.487 e. The number of aliphatic hydroxyl groups is 1. The third kappa shape index (κ3) is 3.96. The molecule has 3 aromatic rings. The van der Waals surface area contributed by atoms with Crippen LogP contribution in [0, 0.1) is 0 Å². The van der Waals surface area contributed by atoms with E-state index in [1.165, 1.54) is 4.90 Å². The maximum absolute atomic E-state index is 13.0. The van der Waals surface area contributed by atoms with Gasteiger partial charge >= 0.3 is 0 Å². The number of aromatic nitrogens is 3. The van der Waals surface area contributed by atoms with Crippen molar-refractivity contribution in [3.8, 4) is 11.4 Å². The molecule has 0 radical (unpaired) electrons. The predicted molar refractivity (Wildman–Crippen MR) is 114 cm³/mol. The number of amides is 3. The van der Waals surface area contributed by atoms with Crippen molar-refractivity contribution in [2.24, 2.45) is 0 Å². The number of rotatable bonds is 6. The monoisotopic (exact) mass is 447 g/mol. The molecule has 2 aliphatic heterocycles. The molecule has 3 amide bonds. The fraction of sp³-hybridized carbons (Fsp3) is 0.261. The molecule has 0 spiro atoms. The van der Waals surface area contributed by atoms with Gasteiger partial charge in [0.05, 0.1) is 18.5 Å². The molecule has 5 rings (SSSR count). The normalized spacial score (nSPS) is 17.8. The summed E-state index contributed by atoms with van der Waals surface area (Å²) in [5.41, 5.74) is 3.36. The van der Waals surface area contributed by atoms with Gasteiger partial charge in [0, 0.05) is 24.1 Å². The van der Waals surface area contributed by atoms with E-state index in [0.717, 1.165) is 11.1 Å². The number of hydrogen-bond acceptors (Lipinski definition) is 7. The molecule has 0 aliphatic carbocycles. The van der Waals surface area contributed by atoms with Crippen LogP contribution in [0.1, 0.15) is 40.0 Å². The minimum Gasteiger partial charge on any atom is -0.487 e. The number of benzene rings is 2. The third-order valence-corrected chi connectivity index (χ3v) is 5.84. The molecule has 168 valence electrons. The number of carbonyl (C=O) groups is 3. The molecule has 1 aromatic heterocycles. The Hall–Kier alpha value is -4.05. The zero-order valence-electron chi connectivity index (χ0n) is 17.6. The van der Waals surface area contributed by atoms with E-state index < -0.39 is 11.9 Å². The Kier molecular flexibility index (Phi) is 5.35. The molecule has 2 aromatic carbocycles. The molecule has 33 heavy (non-hydrogen) atoms. The first kappa shape index (κ1) is 20.8. The summed E-state index contributed by atoms with van der Waals surface area (Å²) < 4.78 is 7.33. The maximum atomic E-state index is 13.0. The molecule has 10 nitrogen and oxygen atoms in total. The lowest BCUT2D eigenvalue weighted by Gasteiger charge is -2.29. The van der Waals surface area contributed by atoms with Gasteiger partial charge < -0.3 is 14.7 Å². The molecule has 1 unspecified atom stereocenters. The van der Waals surface area contributed by atoms with Crippen molar-refractivity contribution in [3.05, 3.63) is 71.0 Å². The summed E-state index contributed by atoms with van der Waals surface area (Å²) >= 11 is 0. The molecule has 2 aliphatic rings. The van der Waals surface area contributed by atoms with Crippen LogP contribution in [0.5, 0.6) is 5.75 Å². The van der Waals surface area contributed by atoms with Crippen molar-refractivity contribution < 1.29 is 24.2 Å². The summed E-state index contributed by atoms with van der Waals surface area (Å²) in [6.45, 7) is 0.424. The van der Waals surface area contributed by atoms with Gasteiger partial charge in [0.25, 0.3) is 5.91 Å². The second-order valence-corrected chi connectivity index (χ2v) is 7.95. The van der Waals surface area contributed by atoms with Gasteiger partial charge in [-0.05, 0) is 36.2 Å². The van der Waals surface area contributed by atoms with Crippen molar-refractivity contribution in [2.75, 3.05) is 0 Å². The van der Waals surface area contributed by atoms with Crippen LogP contribution >= 0.6 is 0 Å². The zero-order valence-corrected chi connectivity index (χ0v) is 17.6. The van der Waals surface area contributed by atoms with Crippen molar-refractivity contribution in [1.82, 2.24) is 25.2 Å². The van der Waals surface area contributed by atoms with Crippen molar-refractivity contribution in [3.63, 3.8) is 0 Å². The summed E-state index contributed by atoms with van der Waals surface area (Å²) in [5.74, 6) is -0.354. The van der Waals surface area contributed by atoms with Gasteiger partial charge in [-0.3, -0.25) is 19.7 Å². The van der Waals surface area contributed by atoms with Crippen molar-refractivity contribution in [1.29, 1.82) is 0 Å². The van der Waals surface area contributed by atoms with Gasteiger partial charge in [0.15, 0.2) is 0 Å². The van der Waals surface area contributed by atoms with E-state index in [4.69, 9.17) is 9.84 Å². The number of hydrogen-bond donors (Lipinski definition) is 2. The highest BCUT2D eigenvalue weighted by Crippen LogP contribution is 2.31. The Morgan fingerprint density at radius 1 is 1.12 bits per heavy atom. The van der Waals surface area contributed by atoms with Gasteiger partial charge in [-0.25, -0.2) is 4.68 Å². The number of nitrogens with one attached hydrogen (secondary N) is 1. The average molecular weight is 447 g/mol. The molecule has 1 fully saturated rings. The Balaban J connectivity index is 1.33. The number of piperidine rings is 1. The summed E-state index contributed by atoms with van der Waals surface area (Å²) in [7, 11) is 0. The molecule has 1 saturated heterocycles. The van der Waals surface area contributed by atoms with Gasteiger partial charge in [-0.2, -0.15) is 0 Å². The van der Waals surface area contributed by atoms with E-state index in [9.17, 15) is 14.4 Å². The van der Waals surface area contributed by atoms with Gasteiger partial charge in [0.2, 0.25) is 11.8 Å². The number of carbonyl (C=O) groups excluding carboxylic acids is 3. The molecular weight excluding hydrogens is 426 g/mol. The topological polar surface area (TPSA) is 127 Å². The van der Waals surface area contributed by atoms with Crippen molar-refractivity contribution >= 4 is 17.7 Å². The lowest BCUT2D eigenvalue weighted by Crippen LogP contribution is -2.52. The van der Waals surface area contributed by atoms with Crippen LogP contribution in [0.4, 0.5) is 0 Å². The van der Waals surface area contributed by atoms with E-state index >= 15 is 0 Å². The smallest absolute Gasteiger partial charge is 0.255 e. The van der Waals surface area contributed by atoms with Crippen LogP contribution in [0.15, 0.2) is 48.7 Å². The highest BCUT2D eigenvalue weighted by atomic mass is 16.5. The molecule has 10 heteroatoms. The zero-order chi connectivity index (χ0) is 22.9. The minimum atomic E-state index is -0.674. The first-order chi connectivity index (χ1) is 16.0. The van der Waals surface area contributed by atoms with E-state index in [2.05, 4.69) is 15.6 Å². The summed E-state index contributed by atoms with van der Waals surface area (Å²) in [6, 6.07) is 11.8. The molecule has 0 bridgehead atoms. The second kappa shape index (κ2) is 8.47. The van der Waals surface area contributed by atoms with Crippen LogP contribution in [0.3, 0.4) is 0 Å². The number of fused-ring (bicyclic) bond motifs is 1. The van der Waals surface area contributed by atoms with Crippen LogP contribution in [0.25, 0.3) is 5.69 Å². The number of nitrogens with zero attached hydrogens (tertiary/aromatic N) is 4. The average Bonchev–Trinajstić information content (AvgIpc) is 3.43. The van der Waals surface area contributed by atoms with Crippen LogP contribution in [-0.4, -0.2) is 48.8 Å². The van der Waals surface area contributed by atoms with Gasteiger partial charge in [0.1, 0.15) is 24.1 Å². The van der Waals surface area contributed by atoms with E-state index in [-0.39, 0.29) is 38.0 Å². The molecule has 2 N–H and O–H groups in total. The standard InChI is InChI=1S/C23H21N5O5/c29-12-14-4-6-16(7-5-14)33-13-15-10-28(26-25-15)19-3-1-2-17-18(19)11-27(23(17)32)20-8-9-21(30)24-22(20)31/h1-7,10,20,29H,8-9,11-13H2,(H,24,30,31). The first-order valence-corrected chi connectivity index (χ1v) is 10.5. The van der Waals surface area contributed by atoms with Crippen LogP contribution in [-0.2, 0) is 29.3 Å². The quantitative estimate of drug-likeness (QED) is 0.542. The summed E-state index contributed by atoms with van der Waals surface area (Å²) in [4.78, 5) is 38.3. The Bertz CT molecular complexity index is 1240. The van der Waals surface area contributed by atoms with Crippen LogP contribution < -0.4 is 10.1 Å². The molecule has 3 heterocycles. The fourth-order valence-corrected chi connectivity index (χ4v) is 4.11. The first-order valence-electron chi connectivity index (χ1n) is 10.5. The van der Waals surface area contributed by atoms with E-state index in [1.807, 2.05) is 6.07 Å². The molecular formula is C23H21N5O5.